The molecule has 0 spiro atoms. The van der Waals surface area contributed by atoms with E-state index in [4.69, 9.17) is 14.2 Å². The maximum Gasteiger partial charge on any atom is 0.193 e. The Bertz CT molecular complexity index is 715. The van der Waals surface area contributed by atoms with Gasteiger partial charge in [-0.15, -0.1) is 0 Å². The Kier molecular flexibility index (Phi) is 9.15. The number of rotatable bonds is 10. The summed E-state index contributed by atoms with van der Waals surface area (Å²) < 4.78 is 16.1. The molecule has 0 aliphatic carbocycles. The summed E-state index contributed by atoms with van der Waals surface area (Å²) in [7, 11) is 7.17. The van der Waals surface area contributed by atoms with E-state index in [2.05, 4.69) is 27.3 Å². The Balaban J connectivity index is 1.65. The van der Waals surface area contributed by atoms with Gasteiger partial charge in [0.2, 0.25) is 0 Å². The molecular weight excluding hydrogens is 354 g/mol. The third-order valence-electron chi connectivity index (χ3n) is 4.33. The van der Waals surface area contributed by atoms with Crippen LogP contribution in [0.3, 0.4) is 0 Å². The van der Waals surface area contributed by atoms with Gasteiger partial charge >= 0.3 is 0 Å². The first-order valence-electron chi connectivity index (χ1n) is 9.41. The van der Waals surface area contributed by atoms with Gasteiger partial charge in [-0.3, -0.25) is 4.99 Å². The highest BCUT2D eigenvalue weighted by Gasteiger charge is 2.06. The van der Waals surface area contributed by atoms with E-state index in [0.29, 0.717) is 13.2 Å². The van der Waals surface area contributed by atoms with Crippen molar-refractivity contribution in [2.75, 3.05) is 41.5 Å². The molecule has 0 aromatic heterocycles. The monoisotopic (exact) mass is 385 g/mol. The van der Waals surface area contributed by atoms with Crippen molar-refractivity contribution in [3.63, 3.8) is 0 Å². The molecule has 0 radical (unpaired) electrons. The molecular formula is C22H31N3O3. The third kappa shape index (κ3) is 7.12. The zero-order valence-corrected chi connectivity index (χ0v) is 17.3. The number of ether oxygens (including phenoxy) is 3. The summed E-state index contributed by atoms with van der Waals surface area (Å²) in [5, 5.41) is 3.38. The maximum atomic E-state index is 5.74. The molecule has 0 bridgehead atoms. The van der Waals surface area contributed by atoms with Gasteiger partial charge in [-0.05, 0) is 41.8 Å². The number of hydrogen-bond acceptors (Lipinski definition) is 4. The summed E-state index contributed by atoms with van der Waals surface area (Å²) in [4.78, 5) is 6.45. The highest BCUT2D eigenvalue weighted by molar-refractivity contribution is 5.79. The second-order valence-corrected chi connectivity index (χ2v) is 6.43. The lowest BCUT2D eigenvalue weighted by atomic mass is 10.2. The normalized spacial score (nSPS) is 11.2. The summed E-state index contributed by atoms with van der Waals surface area (Å²) >= 11 is 0. The molecule has 0 saturated heterocycles. The summed E-state index contributed by atoms with van der Waals surface area (Å²) in [5.41, 5.74) is 2.35. The summed E-state index contributed by atoms with van der Waals surface area (Å²) in [6.07, 6.45) is 0.908. The minimum absolute atomic E-state index is 0.607. The summed E-state index contributed by atoms with van der Waals surface area (Å²) in [6, 6.07) is 16.0. The fraction of sp³-hybridized carbons (Fsp3) is 0.409. The molecule has 0 aliphatic rings. The van der Waals surface area contributed by atoms with Crippen LogP contribution in [0.2, 0.25) is 0 Å². The molecule has 0 fully saturated rings. The number of hydrogen-bond donors (Lipinski definition) is 1. The molecule has 0 unspecified atom stereocenters. The average Bonchev–Trinajstić information content (AvgIpc) is 2.74. The van der Waals surface area contributed by atoms with Gasteiger partial charge in [0.1, 0.15) is 11.5 Å². The number of guanidine groups is 1. The topological polar surface area (TPSA) is 55.3 Å². The molecule has 0 atom stereocenters. The van der Waals surface area contributed by atoms with E-state index >= 15 is 0 Å². The van der Waals surface area contributed by atoms with Gasteiger partial charge in [0, 0.05) is 33.8 Å². The first-order valence-corrected chi connectivity index (χ1v) is 9.41. The molecule has 1 N–H and O–H groups in total. The zero-order valence-electron chi connectivity index (χ0n) is 17.3. The largest absolute Gasteiger partial charge is 0.497 e. The molecule has 2 rings (SSSR count). The van der Waals surface area contributed by atoms with E-state index in [1.807, 2.05) is 43.4 Å². The zero-order chi connectivity index (χ0) is 20.2. The quantitative estimate of drug-likeness (QED) is 0.386. The van der Waals surface area contributed by atoms with Gasteiger partial charge in [0.25, 0.3) is 0 Å². The van der Waals surface area contributed by atoms with Crippen molar-refractivity contribution >= 4 is 5.96 Å². The van der Waals surface area contributed by atoms with E-state index in [1.54, 1.807) is 21.3 Å². The van der Waals surface area contributed by atoms with Crippen LogP contribution in [0, 0.1) is 0 Å². The van der Waals surface area contributed by atoms with Crippen molar-refractivity contribution < 1.29 is 14.2 Å². The lowest BCUT2D eigenvalue weighted by Gasteiger charge is -2.22. The molecule has 6 nitrogen and oxygen atoms in total. The van der Waals surface area contributed by atoms with Crippen LogP contribution in [0.25, 0.3) is 0 Å². The number of benzene rings is 2. The van der Waals surface area contributed by atoms with Gasteiger partial charge in [0.15, 0.2) is 5.96 Å². The maximum absolute atomic E-state index is 5.74. The Hall–Kier alpha value is -2.73. The van der Waals surface area contributed by atoms with Crippen molar-refractivity contribution in [2.24, 2.45) is 4.99 Å². The van der Waals surface area contributed by atoms with Crippen LogP contribution in [0.15, 0.2) is 53.5 Å². The second-order valence-electron chi connectivity index (χ2n) is 6.43. The number of nitrogens with one attached hydrogen (secondary N) is 1. The SMILES string of the molecule is CN=C(NCCCOCc1ccc(OC)cc1)N(C)Cc1ccc(OC)cc1. The Labute approximate surface area is 168 Å². The lowest BCUT2D eigenvalue weighted by molar-refractivity contribution is 0.119. The predicted molar refractivity (Wildman–Crippen MR) is 113 cm³/mol. The molecule has 2 aromatic rings. The number of nitrogens with zero attached hydrogens (tertiary/aromatic N) is 2. The number of methoxy groups -OCH3 is 2. The average molecular weight is 386 g/mol. The second kappa shape index (κ2) is 11.9. The highest BCUT2D eigenvalue weighted by atomic mass is 16.5. The van der Waals surface area contributed by atoms with Crippen molar-refractivity contribution in [3.05, 3.63) is 59.7 Å². The van der Waals surface area contributed by atoms with Crippen LogP contribution >= 0.6 is 0 Å². The molecule has 6 heteroatoms. The van der Waals surface area contributed by atoms with Gasteiger partial charge in [-0.25, -0.2) is 0 Å². The van der Waals surface area contributed by atoms with Crippen LogP contribution in [0.4, 0.5) is 0 Å². The molecule has 2 aromatic carbocycles. The Morgan fingerprint density at radius 2 is 1.50 bits per heavy atom. The standard InChI is InChI=1S/C22H31N3O3/c1-23-22(25(2)16-18-6-10-20(26-3)11-7-18)24-14-5-15-28-17-19-8-12-21(27-4)13-9-19/h6-13H,5,14-17H2,1-4H3,(H,23,24). The van der Waals surface area contributed by atoms with Crippen LogP contribution in [0.5, 0.6) is 11.5 Å². The molecule has 28 heavy (non-hydrogen) atoms. The first kappa shape index (κ1) is 21.6. The van der Waals surface area contributed by atoms with Crippen LogP contribution in [-0.2, 0) is 17.9 Å². The molecule has 0 amide bonds. The smallest absolute Gasteiger partial charge is 0.193 e. The Morgan fingerprint density at radius 3 is 2.04 bits per heavy atom. The van der Waals surface area contributed by atoms with Gasteiger partial charge in [0.05, 0.1) is 20.8 Å². The minimum atomic E-state index is 0.607. The molecule has 0 aliphatic heterocycles. The predicted octanol–water partition coefficient (Wildman–Crippen LogP) is 3.32. The van der Waals surface area contributed by atoms with Gasteiger partial charge < -0.3 is 24.4 Å². The van der Waals surface area contributed by atoms with E-state index in [0.717, 1.165) is 42.5 Å². The summed E-state index contributed by atoms with van der Waals surface area (Å²) in [5.74, 6) is 2.59. The van der Waals surface area contributed by atoms with Crippen molar-refractivity contribution in [1.29, 1.82) is 0 Å². The van der Waals surface area contributed by atoms with E-state index in [1.165, 1.54) is 5.56 Å². The third-order valence-corrected chi connectivity index (χ3v) is 4.33. The minimum Gasteiger partial charge on any atom is -0.497 e. The Morgan fingerprint density at radius 1 is 0.929 bits per heavy atom. The summed E-state index contributed by atoms with van der Waals surface area (Å²) in [6.45, 7) is 2.88. The van der Waals surface area contributed by atoms with Crippen LogP contribution in [-0.4, -0.2) is 52.3 Å². The molecule has 152 valence electrons. The lowest BCUT2D eigenvalue weighted by Crippen LogP contribution is -2.39. The molecule has 0 heterocycles. The van der Waals surface area contributed by atoms with Crippen molar-refractivity contribution in [2.45, 2.75) is 19.6 Å². The highest BCUT2D eigenvalue weighted by Crippen LogP contribution is 2.13. The van der Waals surface area contributed by atoms with Crippen molar-refractivity contribution in [3.8, 4) is 11.5 Å². The fourth-order valence-corrected chi connectivity index (χ4v) is 2.75. The fourth-order valence-electron chi connectivity index (χ4n) is 2.75. The van der Waals surface area contributed by atoms with E-state index in [-0.39, 0.29) is 0 Å². The van der Waals surface area contributed by atoms with Crippen LogP contribution < -0.4 is 14.8 Å². The molecule has 0 saturated carbocycles. The van der Waals surface area contributed by atoms with E-state index < -0.39 is 0 Å². The van der Waals surface area contributed by atoms with Gasteiger partial charge in [-0.2, -0.15) is 0 Å². The first-order chi connectivity index (χ1) is 13.7. The van der Waals surface area contributed by atoms with E-state index in [9.17, 15) is 0 Å². The van der Waals surface area contributed by atoms with Crippen molar-refractivity contribution in [1.82, 2.24) is 10.2 Å². The number of aliphatic imine (C=N–C) groups is 1. The van der Waals surface area contributed by atoms with Gasteiger partial charge in [-0.1, -0.05) is 24.3 Å². The van der Waals surface area contributed by atoms with Crippen LogP contribution in [0.1, 0.15) is 17.5 Å².